The number of aromatic nitrogens is 4. The number of nitrogens with one attached hydrogen (secondary N) is 2. The maximum absolute atomic E-state index is 12.6. The van der Waals surface area contributed by atoms with Crippen molar-refractivity contribution in [3.63, 3.8) is 0 Å². The minimum absolute atomic E-state index is 0.182. The third-order valence-electron chi connectivity index (χ3n) is 3.71. The minimum Gasteiger partial charge on any atom is -0.326 e. The van der Waals surface area contributed by atoms with E-state index in [0.717, 1.165) is 0 Å². The Morgan fingerprint density at radius 1 is 1.14 bits per heavy atom. The van der Waals surface area contributed by atoms with Crippen LogP contribution >= 0.6 is 35.0 Å². The molecule has 0 saturated carbocycles. The van der Waals surface area contributed by atoms with Crippen LogP contribution in [0.5, 0.6) is 0 Å². The molecule has 150 valence electrons. The minimum atomic E-state index is -0.520. The number of rotatable bonds is 6. The van der Waals surface area contributed by atoms with Crippen LogP contribution in [-0.2, 0) is 9.59 Å². The molecule has 2 N–H and O–H groups in total. The van der Waals surface area contributed by atoms with E-state index in [1.54, 1.807) is 49.4 Å². The van der Waals surface area contributed by atoms with Gasteiger partial charge in [-0.1, -0.05) is 47.1 Å². The van der Waals surface area contributed by atoms with Gasteiger partial charge in [0.15, 0.2) is 0 Å². The third-order valence-corrected chi connectivity index (χ3v) is 5.56. The summed E-state index contributed by atoms with van der Waals surface area (Å²) in [5, 5.41) is 17.7. The Bertz CT molecular complexity index is 1060. The molecule has 0 aliphatic heterocycles. The lowest BCUT2D eigenvalue weighted by Gasteiger charge is -2.13. The molecular weight excluding hydrogens is 435 g/mol. The first-order valence-corrected chi connectivity index (χ1v) is 10.1. The van der Waals surface area contributed by atoms with Crippen molar-refractivity contribution in [3.05, 3.63) is 52.5 Å². The normalized spacial score (nSPS) is 11.7. The topological polar surface area (TPSA) is 102 Å². The molecule has 1 heterocycles. The summed E-state index contributed by atoms with van der Waals surface area (Å²) in [4.78, 5) is 23.8. The summed E-state index contributed by atoms with van der Waals surface area (Å²) in [6.45, 7) is 3.16. The van der Waals surface area contributed by atoms with Crippen LogP contribution in [0.3, 0.4) is 0 Å². The molecule has 2 aromatic carbocycles. The van der Waals surface area contributed by atoms with E-state index >= 15 is 0 Å². The van der Waals surface area contributed by atoms with Crippen LogP contribution in [0.4, 0.5) is 11.4 Å². The second kappa shape index (κ2) is 9.25. The zero-order chi connectivity index (χ0) is 21.0. The molecule has 0 aliphatic rings. The molecule has 3 rings (SSSR count). The first-order chi connectivity index (χ1) is 13.8. The van der Waals surface area contributed by atoms with Crippen LogP contribution in [0.2, 0.25) is 10.0 Å². The summed E-state index contributed by atoms with van der Waals surface area (Å²) < 4.78 is 1.49. The molecule has 1 atom stereocenters. The highest BCUT2D eigenvalue weighted by molar-refractivity contribution is 8.00. The van der Waals surface area contributed by atoms with Crippen LogP contribution < -0.4 is 10.6 Å². The van der Waals surface area contributed by atoms with Gasteiger partial charge in [-0.25, -0.2) is 0 Å². The standard InChI is InChI=1S/C18H16Cl2N6O2S/c1-10(17(28)22-15-8-4-7-14(19)16(15)20)29-18-23-24-25-26(18)13-6-3-5-12(9-13)21-11(2)27/h3-10H,1-2H3,(H,21,27)(H,22,28). The second-order valence-electron chi connectivity index (χ2n) is 5.96. The average molecular weight is 451 g/mol. The first-order valence-electron chi connectivity index (χ1n) is 8.43. The van der Waals surface area contributed by atoms with Crippen molar-refractivity contribution in [2.45, 2.75) is 24.3 Å². The Morgan fingerprint density at radius 3 is 2.66 bits per heavy atom. The van der Waals surface area contributed by atoms with Crippen LogP contribution in [0.1, 0.15) is 13.8 Å². The Kier molecular flexibility index (Phi) is 6.73. The molecule has 1 aromatic heterocycles. The number of halogens is 2. The molecule has 29 heavy (non-hydrogen) atoms. The maximum Gasteiger partial charge on any atom is 0.237 e. The van der Waals surface area contributed by atoms with E-state index in [9.17, 15) is 9.59 Å². The summed E-state index contributed by atoms with van der Waals surface area (Å²) in [7, 11) is 0. The van der Waals surface area contributed by atoms with Gasteiger partial charge in [-0.2, -0.15) is 4.68 Å². The van der Waals surface area contributed by atoms with Crippen molar-refractivity contribution in [1.82, 2.24) is 20.2 Å². The Hall–Kier alpha value is -2.62. The highest BCUT2D eigenvalue weighted by atomic mass is 35.5. The van der Waals surface area contributed by atoms with Crippen molar-refractivity contribution in [2.75, 3.05) is 10.6 Å². The Morgan fingerprint density at radius 2 is 1.90 bits per heavy atom. The number of anilines is 2. The maximum atomic E-state index is 12.6. The Labute approximate surface area is 181 Å². The van der Waals surface area contributed by atoms with Crippen molar-refractivity contribution >= 4 is 58.2 Å². The van der Waals surface area contributed by atoms with E-state index in [2.05, 4.69) is 26.2 Å². The van der Waals surface area contributed by atoms with E-state index in [-0.39, 0.29) is 16.8 Å². The van der Waals surface area contributed by atoms with Crippen LogP contribution in [-0.4, -0.2) is 37.3 Å². The van der Waals surface area contributed by atoms with Crippen LogP contribution in [0, 0.1) is 0 Å². The highest BCUT2D eigenvalue weighted by Gasteiger charge is 2.20. The molecule has 0 radical (unpaired) electrons. The van der Waals surface area contributed by atoms with E-state index in [4.69, 9.17) is 23.2 Å². The van der Waals surface area contributed by atoms with Crippen LogP contribution in [0.25, 0.3) is 5.69 Å². The van der Waals surface area contributed by atoms with E-state index in [1.807, 2.05) is 0 Å². The summed E-state index contributed by atoms with van der Waals surface area (Å²) in [5.41, 5.74) is 1.69. The molecule has 0 spiro atoms. The number of hydrogen-bond donors (Lipinski definition) is 2. The molecule has 0 aliphatic carbocycles. The van der Waals surface area contributed by atoms with Crippen molar-refractivity contribution in [1.29, 1.82) is 0 Å². The number of hydrogen-bond acceptors (Lipinski definition) is 6. The van der Waals surface area contributed by atoms with Gasteiger partial charge < -0.3 is 10.6 Å². The van der Waals surface area contributed by atoms with Gasteiger partial charge in [-0.3, -0.25) is 9.59 Å². The van der Waals surface area contributed by atoms with E-state index in [1.165, 1.54) is 23.4 Å². The number of benzene rings is 2. The number of nitrogens with zero attached hydrogens (tertiary/aromatic N) is 4. The van der Waals surface area contributed by atoms with Crippen LogP contribution in [0.15, 0.2) is 47.6 Å². The molecule has 0 fully saturated rings. The summed E-state index contributed by atoms with van der Waals surface area (Å²) in [5.74, 6) is -0.459. The van der Waals surface area contributed by atoms with Gasteiger partial charge in [-0.15, -0.1) is 5.10 Å². The lowest BCUT2D eigenvalue weighted by Crippen LogP contribution is -2.23. The van der Waals surface area contributed by atoms with E-state index in [0.29, 0.717) is 27.2 Å². The SMILES string of the molecule is CC(=O)Nc1cccc(-n2nnnc2SC(C)C(=O)Nc2cccc(Cl)c2Cl)c1. The summed E-state index contributed by atoms with van der Waals surface area (Å²) in [6, 6.07) is 12.1. The smallest absolute Gasteiger partial charge is 0.237 e. The summed E-state index contributed by atoms with van der Waals surface area (Å²) in [6.07, 6.45) is 0. The van der Waals surface area contributed by atoms with Gasteiger partial charge in [-0.05, 0) is 47.7 Å². The zero-order valence-electron chi connectivity index (χ0n) is 15.4. The number of carbonyl (C=O) groups excluding carboxylic acids is 2. The number of carbonyl (C=O) groups is 2. The fourth-order valence-corrected chi connectivity index (χ4v) is 3.53. The molecule has 0 saturated heterocycles. The van der Waals surface area contributed by atoms with Crippen molar-refractivity contribution < 1.29 is 9.59 Å². The monoisotopic (exact) mass is 450 g/mol. The predicted molar refractivity (Wildman–Crippen MR) is 114 cm³/mol. The second-order valence-corrected chi connectivity index (χ2v) is 8.05. The molecule has 11 heteroatoms. The van der Waals surface area contributed by atoms with Gasteiger partial charge in [0.25, 0.3) is 0 Å². The van der Waals surface area contributed by atoms with Crippen molar-refractivity contribution in [2.24, 2.45) is 0 Å². The summed E-state index contributed by atoms with van der Waals surface area (Å²) >= 11 is 13.3. The largest absolute Gasteiger partial charge is 0.326 e. The van der Waals surface area contributed by atoms with Gasteiger partial charge in [0.2, 0.25) is 17.0 Å². The Balaban J connectivity index is 1.75. The fraction of sp³-hybridized carbons (Fsp3) is 0.167. The van der Waals surface area contributed by atoms with Gasteiger partial charge in [0, 0.05) is 12.6 Å². The van der Waals surface area contributed by atoms with Gasteiger partial charge in [0.1, 0.15) is 0 Å². The zero-order valence-corrected chi connectivity index (χ0v) is 17.7. The molecule has 2 amide bonds. The third kappa shape index (κ3) is 5.26. The quantitative estimate of drug-likeness (QED) is 0.549. The van der Waals surface area contributed by atoms with Gasteiger partial charge in [0.05, 0.1) is 26.7 Å². The average Bonchev–Trinajstić information content (AvgIpc) is 3.13. The van der Waals surface area contributed by atoms with Crippen molar-refractivity contribution in [3.8, 4) is 5.69 Å². The van der Waals surface area contributed by atoms with E-state index < -0.39 is 5.25 Å². The number of amides is 2. The molecule has 3 aromatic rings. The molecular formula is C18H16Cl2N6O2S. The molecule has 8 nitrogen and oxygen atoms in total. The molecule has 1 unspecified atom stereocenters. The fourth-order valence-electron chi connectivity index (χ4n) is 2.38. The lowest BCUT2D eigenvalue weighted by molar-refractivity contribution is -0.115. The lowest BCUT2D eigenvalue weighted by atomic mass is 10.3. The molecule has 0 bridgehead atoms. The number of thioether (sulfide) groups is 1. The predicted octanol–water partition coefficient (Wildman–Crippen LogP) is 4.05. The number of tetrazole rings is 1. The van der Waals surface area contributed by atoms with Gasteiger partial charge >= 0.3 is 0 Å². The first kappa shape index (κ1) is 21.1. The highest BCUT2D eigenvalue weighted by Crippen LogP contribution is 2.31.